The average molecular weight is 276 g/mol. The lowest BCUT2D eigenvalue weighted by molar-refractivity contribution is 0.213. The van der Waals surface area contributed by atoms with Gasteiger partial charge in [0, 0.05) is 12.6 Å². The van der Waals surface area contributed by atoms with E-state index in [0.29, 0.717) is 6.04 Å². The lowest BCUT2D eigenvalue weighted by Crippen LogP contribution is -2.36. The van der Waals surface area contributed by atoms with Gasteiger partial charge in [0.2, 0.25) is 0 Å². The largest absolute Gasteiger partial charge is 0.315 e. The van der Waals surface area contributed by atoms with Crippen molar-refractivity contribution in [3.8, 4) is 0 Å². The van der Waals surface area contributed by atoms with Crippen LogP contribution in [-0.4, -0.2) is 31.1 Å². The molecule has 1 N–H and O–H groups in total. The molecule has 0 aliphatic heterocycles. The van der Waals surface area contributed by atoms with Crippen molar-refractivity contribution in [2.45, 2.75) is 46.6 Å². The summed E-state index contributed by atoms with van der Waals surface area (Å²) in [6.07, 6.45) is 2.59. The normalized spacial score (nSPS) is 13.1. The highest BCUT2D eigenvalue weighted by Crippen LogP contribution is 2.19. The molecule has 0 radical (unpaired) electrons. The van der Waals surface area contributed by atoms with Crippen LogP contribution in [0.2, 0.25) is 0 Å². The van der Waals surface area contributed by atoms with E-state index in [-0.39, 0.29) is 0 Å². The summed E-state index contributed by atoms with van der Waals surface area (Å²) in [5, 5.41) is 3.65. The van der Waals surface area contributed by atoms with E-state index < -0.39 is 0 Å². The minimum absolute atomic E-state index is 0.491. The molecular formula is C18H32N2. The van der Waals surface area contributed by atoms with Crippen molar-refractivity contribution in [2.24, 2.45) is 5.92 Å². The minimum Gasteiger partial charge on any atom is -0.315 e. The van der Waals surface area contributed by atoms with Gasteiger partial charge in [0.1, 0.15) is 0 Å². The third-order valence-corrected chi connectivity index (χ3v) is 3.91. The molecule has 2 nitrogen and oxygen atoms in total. The Kier molecular flexibility index (Phi) is 8.56. The van der Waals surface area contributed by atoms with Crippen LogP contribution < -0.4 is 5.32 Å². The predicted molar refractivity (Wildman–Crippen MR) is 89.0 cm³/mol. The second-order valence-electron chi connectivity index (χ2n) is 5.89. The van der Waals surface area contributed by atoms with Gasteiger partial charge in [-0.05, 0) is 44.0 Å². The van der Waals surface area contributed by atoms with Crippen molar-refractivity contribution in [1.82, 2.24) is 10.2 Å². The van der Waals surface area contributed by atoms with Gasteiger partial charge in [-0.3, -0.25) is 4.90 Å². The Morgan fingerprint density at radius 1 is 1.05 bits per heavy atom. The second kappa shape index (κ2) is 9.95. The molecule has 1 aromatic rings. The second-order valence-corrected chi connectivity index (χ2v) is 5.89. The molecule has 0 saturated carbocycles. The van der Waals surface area contributed by atoms with E-state index >= 15 is 0 Å². The van der Waals surface area contributed by atoms with Crippen molar-refractivity contribution in [1.29, 1.82) is 0 Å². The van der Waals surface area contributed by atoms with Crippen molar-refractivity contribution in [2.75, 3.05) is 26.2 Å². The number of hydrogen-bond donors (Lipinski definition) is 1. The molecule has 1 atom stereocenters. The zero-order chi connectivity index (χ0) is 14.8. The standard InChI is InChI=1S/C18H32N2/c1-5-20(6-2)18(17-12-8-7-9-13-17)15-19-14-10-11-16(3)4/h7-9,12-13,16,18-19H,5-6,10-11,14-15H2,1-4H3. The Balaban J connectivity index is 2.51. The zero-order valence-electron chi connectivity index (χ0n) is 13.7. The molecular weight excluding hydrogens is 244 g/mol. The van der Waals surface area contributed by atoms with Gasteiger partial charge in [-0.15, -0.1) is 0 Å². The van der Waals surface area contributed by atoms with E-state index in [1.165, 1.54) is 18.4 Å². The molecule has 0 saturated heterocycles. The molecule has 114 valence electrons. The molecule has 1 aromatic carbocycles. The Hall–Kier alpha value is -0.860. The van der Waals surface area contributed by atoms with Gasteiger partial charge in [-0.25, -0.2) is 0 Å². The number of hydrogen-bond acceptors (Lipinski definition) is 2. The third kappa shape index (κ3) is 6.06. The first kappa shape index (κ1) is 17.2. The summed E-state index contributed by atoms with van der Waals surface area (Å²) in [6, 6.07) is 11.4. The highest BCUT2D eigenvalue weighted by atomic mass is 15.2. The van der Waals surface area contributed by atoms with E-state index in [0.717, 1.165) is 32.1 Å². The molecule has 0 spiro atoms. The average Bonchev–Trinajstić information content (AvgIpc) is 2.46. The molecule has 0 aliphatic carbocycles. The Labute approximate surface area is 125 Å². The smallest absolute Gasteiger partial charge is 0.0472 e. The Bertz CT molecular complexity index is 331. The number of nitrogens with one attached hydrogen (secondary N) is 1. The van der Waals surface area contributed by atoms with E-state index in [1.807, 2.05) is 0 Å². The van der Waals surface area contributed by atoms with E-state index in [2.05, 4.69) is 68.2 Å². The van der Waals surface area contributed by atoms with Crippen LogP contribution in [0.1, 0.15) is 52.1 Å². The Morgan fingerprint density at radius 3 is 2.25 bits per heavy atom. The molecule has 0 fully saturated rings. The summed E-state index contributed by atoms with van der Waals surface area (Å²) in [4.78, 5) is 2.53. The fourth-order valence-corrected chi connectivity index (χ4v) is 2.67. The SMILES string of the molecule is CCN(CC)C(CNCCCC(C)C)c1ccccc1. The van der Waals surface area contributed by atoms with Crippen LogP contribution in [0.3, 0.4) is 0 Å². The molecule has 0 heterocycles. The third-order valence-electron chi connectivity index (χ3n) is 3.91. The quantitative estimate of drug-likeness (QED) is 0.647. The first-order valence-corrected chi connectivity index (χ1v) is 8.18. The van der Waals surface area contributed by atoms with Gasteiger partial charge in [-0.1, -0.05) is 58.0 Å². The summed E-state index contributed by atoms with van der Waals surface area (Å²) < 4.78 is 0. The fourth-order valence-electron chi connectivity index (χ4n) is 2.67. The van der Waals surface area contributed by atoms with Crippen molar-refractivity contribution < 1.29 is 0 Å². The number of benzene rings is 1. The van der Waals surface area contributed by atoms with Crippen LogP contribution in [0.25, 0.3) is 0 Å². The molecule has 0 aromatic heterocycles. The monoisotopic (exact) mass is 276 g/mol. The summed E-state index contributed by atoms with van der Waals surface area (Å²) in [6.45, 7) is 13.5. The van der Waals surface area contributed by atoms with Crippen molar-refractivity contribution in [3.05, 3.63) is 35.9 Å². The lowest BCUT2D eigenvalue weighted by Gasteiger charge is -2.30. The van der Waals surface area contributed by atoms with Crippen LogP contribution in [0.15, 0.2) is 30.3 Å². The predicted octanol–water partition coefficient (Wildman–Crippen LogP) is 4.10. The van der Waals surface area contributed by atoms with Crippen LogP contribution in [0, 0.1) is 5.92 Å². The number of nitrogens with zero attached hydrogens (tertiary/aromatic N) is 1. The number of rotatable bonds is 10. The van der Waals surface area contributed by atoms with Gasteiger partial charge in [0.25, 0.3) is 0 Å². The molecule has 2 heteroatoms. The highest BCUT2D eigenvalue weighted by Gasteiger charge is 2.16. The van der Waals surface area contributed by atoms with E-state index in [4.69, 9.17) is 0 Å². The molecule has 20 heavy (non-hydrogen) atoms. The van der Waals surface area contributed by atoms with Crippen LogP contribution in [0.5, 0.6) is 0 Å². The van der Waals surface area contributed by atoms with Crippen LogP contribution >= 0.6 is 0 Å². The van der Waals surface area contributed by atoms with Gasteiger partial charge < -0.3 is 5.32 Å². The summed E-state index contributed by atoms with van der Waals surface area (Å²) in [7, 11) is 0. The maximum Gasteiger partial charge on any atom is 0.0472 e. The van der Waals surface area contributed by atoms with Crippen molar-refractivity contribution in [3.63, 3.8) is 0 Å². The maximum absolute atomic E-state index is 3.65. The van der Waals surface area contributed by atoms with Gasteiger partial charge in [0.15, 0.2) is 0 Å². The first-order chi connectivity index (χ1) is 9.69. The summed E-state index contributed by atoms with van der Waals surface area (Å²) in [5.41, 5.74) is 1.42. The highest BCUT2D eigenvalue weighted by molar-refractivity contribution is 5.19. The molecule has 0 bridgehead atoms. The lowest BCUT2D eigenvalue weighted by atomic mass is 10.0. The summed E-state index contributed by atoms with van der Waals surface area (Å²) in [5.74, 6) is 0.810. The number of likely N-dealkylation sites (N-methyl/N-ethyl adjacent to an activating group) is 1. The van der Waals surface area contributed by atoms with Gasteiger partial charge in [-0.2, -0.15) is 0 Å². The summed E-state index contributed by atoms with van der Waals surface area (Å²) >= 11 is 0. The van der Waals surface area contributed by atoms with Gasteiger partial charge in [0.05, 0.1) is 0 Å². The van der Waals surface area contributed by atoms with Crippen LogP contribution in [-0.2, 0) is 0 Å². The minimum atomic E-state index is 0.491. The maximum atomic E-state index is 3.65. The van der Waals surface area contributed by atoms with Gasteiger partial charge >= 0.3 is 0 Å². The zero-order valence-corrected chi connectivity index (χ0v) is 13.7. The molecule has 1 unspecified atom stereocenters. The van der Waals surface area contributed by atoms with Crippen LogP contribution in [0.4, 0.5) is 0 Å². The molecule has 1 rings (SSSR count). The molecule has 0 amide bonds. The molecule has 0 aliphatic rings. The Morgan fingerprint density at radius 2 is 1.70 bits per heavy atom. The fraction of sp³-hybridized carbons (Fsp3) is 0.667. The first-order valence-electron chi connectivity index (χ1n) is 8.18. The van der Waals surface area contributed by atoms with E-state index in [9.17, 15) is 0 Å². The van der Waals surface area contributed by atoms with Crippen molar-refractivity contribution >= 4 is 0 Å². The topological polar surface area (TPSA) is 15.3 Å². The van der Waals surface area contributed by atoms with E-state index in [1.54, 1.807) is 0 Å².